The summed E-state index contributed by atoms with van der Waals surface area (Å²) in [6.07, 6.45) is 0.116. The Morgan fingerprint density at radius 2 is 1.77 bits per heavy atom. The van der Waals surface area contributed by atoms with E-state index in [-0.39, 0.29) is 42.9 Å². The van der Waals surface area contributed by atoms with E-state index in [2.05, 4.69) is 15.5 Å². The molecular weight excluding hydrogens is 620 g/mol. The topological polar surface area (TPSA) is 159 Å². The van der Waals surface area contributed by atoms with E-state index in [0.29, 0.717) is 59.0 Å². The minimum Gasteiger partial charge on any atom is -0.504 e. The Hall–Kier alpha value is -4.07. The monoisotopic (exact) mass is 666 g/mol. The number of fused-ring (bicyclic) bond motifs is 9. The van der Waals surface area contributed by atoms with Crippen molar-refractivity contribution in [3.8, 4) is 28.7 Å². The number of carbonyl (C=O) groups excluding carboxylic acids is 3. The molecule has 2 aromatic carbocycles. The predicted octanol–water partition coefficient (Wildman–Crippen LogP) is 2.54. The lowest BCUT2D eigenvalue weighted by atomic mass is 9.73. The number of amides is 2. The number of rotatable bonds is 8. The zero-order valence-electron chi connectivity index (χ0n) is 28.8. The molecule has 0 spiro atoms. The number of aromatic hydroxyl groups is 1. The molecule has 4 aliphatic rings. The van der Waals surface area contributed by atoms with E-state index in [1.54, 1.807) is 6.92 Å². The fraction of sp³-hybridized carbons (Fsp3) is 0.571. The van der Waals surface area contributed by atoms with Crippen molar-refractivity contribution in [3.63, 3.8) is 0 Å². The Morgan fingerprint density at radius 1 is 1.06 bits per heavy atom. The second-order valence-electron chi connectivity index (χ2n) is 13.8. The van der Waals surface area contributed by atoms with Gasteiger partial charge in [0.05, 0.1) is 25.2 Å². The van der Waals surface area contributed by atoms with Crippen LogP contribution in [0.1, 0.15) is 79.6 Å². The molecule has 1 saturated heterocycles. The Morgan fingerprint density at radius 3 is 2.44 bits per heavy atom. The molecule has 0 saturated carbocycles. The maximum atomic E-state index is 13.4. The highest BCUT2D eigenvalue weighted by Gasteiger charge is 2.56. The van der Waals surface area contributed by atoms with Gasteiger partial charge in [0, 0.05) is 48.2 Å². The van der Waals surface area contributed by atoms with Crippen LogP contribution in [0.25, 0.3) is 0 Å². The van der Waals surface area contributed by atoms with Gasteiger partial charge in [-0.1, -0.05) is 19.9 Å². The minimum absolute atomic E-state index is 0.0372. The van der Waals surface area contributed by atoms with Gasteiger partial charge in [0.1, 0.15) is 18.0 Å². The van der Waals surface area contributed by atoms with E-state index < -0.39 is 36.4 Å². The Bertz CT molecular complexity index is 1660. The molecule has 13 nitrogen and oxygen atoms in total. The highest BCUT2D eigenvalue weighted by Crippen LogP contribution is 2.58. The molecule has 48 heavy (non-hydrogen) atoms. The van der Waals surface area contributed by atoms with E-state index in [1.165, 1.54) is 14.0 Å². The number of phenols is 1. The van der Waals surface area contributed by atoms with Crippen molar-refractivity contribution in [1.82, 2.24) is 20.4 Å². The van der Waals surface area contributed by atoms with Gasteiger partial charge >= 0.3 is 5.97 Å². The van der Waals surface area contributed by atoms with Crippen LogP contribution in [0.4, 0.5) is 0 Å². The summed E-state index contributed by atoms with van der Waals surface area (Å²) in [5, 5.41) is 29.6. The average Bonchev–Trinajstić information content (AvgIpc) is 3.50. The van der Waals surface area contributed by atoms with Gasteiger partial charge in [0.25, 0.3) is 0 Å². The smallest absolute Gasteiger partial charge is 0.308 e. The molecule has 4 N–H and O–H groups in total. The number of hydrogen-bond donors (Lipinski definition) is 4. The molecule has 2 aromatic rings. The number of benzene rings is 2. The van der Waals surface area contributed by atoms with Crippen molar-refractivity contribution < 1.29 is 43.5 Å². The maximum absolute atomic E-state index is 13.4. The fourth-order valence-corrected chi connectivity index (χ4v) is 8.21. The lowest BCUT2D eigenvalue weighted by Gasteiger charge is -2.60. The molecule has 4 heterocycles. The molecule has 1 fully saturated rings. The number of likely N-dealkylation sites (N-methyl/N-ethyl adjacent to an activating group) is 1. The third-order valence-corrected chi connectivity index (χ3v) is 10.2. The Kier molecular flexibility index (Phi) is 8.98. The largest absolute Gasteiger partial charge is 0.504 e. The highest BCUT2D eigenvalue weighted by molar-refractivity contribution is 5.87. The molecule has 0 radical (unpaired) electrons. The minimum atomic E-state index is -0.983. The van der Waals surface area contributed by atoms with E-state index in [0.717, 1.165) is 16.7 Å². The van der Waals surface area contributed by atoms with Crippen LogP contribution in [0.15, 0.2) is 6.07 Å². The number of phenolic OH excluding ortho intramolecular Hbond substituents is 1. The fourth-order valence-electron chi connectivity index (χ4n) is 8.21. The van der Waals surface area contributed by atoms with Crippen molar-refractivity contribution in [2.75, 3.05) is 27.5 Å². The molecule has 0 aliphatic carbocycles. The number of nitrogens with zero attached hydrogens (tertiary/aromatic N) is 2. The van der Waals surface area contributed by atoms with Crippen molar-refractivity contribution in [2.24, 2.45) is 5.92 Å². The third kappa shape index (κ3) is 5.51. The molecule has 6 rings (SSSR count). The molecule has 2 bridgehead atoms. The second-order valence-corrected chi connectivity index (χ2v) is 13.8. The summed E-state index contributed by atoms with van der Waals surface area (Å²) in [7, 11) is 3.47. The summed E-state index contributed by atoms with van der Waals surface area (Å²) in [6, 6.07) is -0.621. The number of aryl methyl sites for hydroxylation is 1. The summed E-state index contributed by atoms with van der Waals surface area (Å²) in [5.41, 5.74) is 4.42. The first-order chi connectivity index (χ1) is 22.7. The summed E-state index contributed by atoms with van der Waals surface area (Å²) in [4.78, 5) is 42.4. The summed E-state index contributed by atoms with van der Waals surface area (Å²) in [5.74, 6) is 0.770. The lowest BCUT2D eigenvalue weighted by Crippen LogP contribution is -2.69. The zero-order valence-corrected chi connectivity index (χ0v) is 28.8. The van der Waals surface area contributed by atoms with Gasteiger partial charge in [-0.3, -0.25) is 24.2 Å². The number of piperazine rings is 1. The summed E-state index contributed by atoms with van der Waals surface area (Å²) < 4.78 is 23.4. The SMILES string of the molecule is COc1c(C)cc2c(c1O)[C@@H]1C3Cc4c(OC(C)=O)c(C)c5c(c4[C@H](CNC(=O)[C@@H](C)NC(=O)CC(C)C)N3C(O)[C@@H](C2)N1C)OCO5. The number of aliphatic hydroxyl groups excluding tert-OH is 1. The molecule has 260 valence electrons. The second kappa shape index (κ2) is 12.8. The molecule has 2 amide bonds. The highest BCUT2D eigenvalue weighted by atomic mass is 16.7. The van der Waals surface area contributed by atoms with Crippen molar-refractivity contribution >= 4 is 17.8 Å². The lowest BCUT2D eigenvalue weighted by molar-refractivity contribution is -0.172. The van der Waals surface area contributed by atoms with Gasteiger partial charge in [-0.05, 0) is 57.7 Å². The average molecular weight is 667 g/mol. The Labute approximate surface area is 280 Å². The van der Waals surface area contributed by atoms with Crippen LogP contribution in [0.3, 0.4) is 0 Å². The number of aliphatic hydroxyl groups is 1. The molecule has 2 unspecified atom stereocenters. The number of nitrogens with one attached hydrogen (secondary N) is 2. The predicted molar refractivity (Wildman–Crippen MR) is 174 cm³/mol. The first kappa shape index (κ1) is 33.8. The summed E-state index contributed by atoms with van der Waals surface area (Å²) >= 11 is 0. The molecule has 4 aliphatic heterocycles. The van der Waals surface area contributed by atoms with Crippen LogP contribution in [0.2, 0.25) is 0 Å². The van der Waals surface area contributed by atoms with Crippen LogP contribution in [-0.4, -0.2) is 89.6 Å². The first-order valence-electron chi connectivity index (χ1n) is 16.5. The van der Waals surface area contributed by atoms with Gasteiger partial charge in [-0.15, -0.1) is 0 Å². The van der Waals surface area contributed by atoms with E-state index in [1.807, 2.05) is 45.7 Å². The third-order valence-electron chi connectivity index (χ3n) is 10.2. The first-order valence-corrected chi connectivity index (χ1v) is 16.5. The van der Waals surface area contributed by atoms with Gasteiger partial charge in [0.15, 0.2) is 23.0 Å². The van der Waals surface area contributed by atoms with E-state index >= 15 is 0 Å². The Balaban J connectivity index is 1.48. The van der Waals surface area contributed by atoms with Gasteiger partial charge in [-0.25, -0.2) is 0 Å². The van der Waals surface area contributed by atoms with Crippen molar-refractivity contribution in [3.05, 3.63) is 39.4 Å². The normalized spacial score (nSPS) is 24.7. The van der Waals surface area contributed by atoms with Crippen LogP contribution in [0.5, 0.6) is 28.7 Å². The number of carbonyl (C=O) groups is 3. The van der Waals surface area contributed by atoms with Crippen LogP contribution < -0.4 is 29.6 Å². The number of methoxy groups -OCH3 is 1. The standard InChI is InChI=1S/C35H46N4O9/c1-15(2)9-25(41)37-18(5)34(43)36-13-24-27-21(31(48-19(6)40)17(4)32-33(27)47-14-46-32)12-22-28-26-20(10-16(3)30(45-8)29(26)42)11-23(38(28)7)35(44)39(22)24/h10,15,18,22-24,28,35,42,44H,9,11-14H2,1-8H3,(H,36,43)(H,37,41)/t18-,22?,23-,24+,28+,35?/m1/s1. The van der Waals surface area contributed by atoms with Crippen LogP contribution in [-0.2, 0) is 27.2 Å². The van der Waals surface area contributed by atoms with Crippen LogP contribution >= 0.6 is 0 Å². The zero-order chi connectivity index (χ0) is 34.8. The van der Waals surface area contributed by atoms with Crippen LogP contribution in [0, 0.1) is 19.8 Å². The molecule has 13 heteroatoms. The van der Waals surface area contributed by atoms with E-state index in [9.17, 15) is 24.6 Å². The van der Waals surface area contributed by atoms with Gasteiger partial charge in [-0.2, -0.15) is 0 Å². The summed E-state index contributed by atoms with van der Waals surface area (Å²) in [6.45, 7) is 10.5. The molecule has 6 atom stereocenters. The van der Waals surface area contributed by atoms with Crippen molar-refractivity contribution in [2.45, 2.75) is 97.2 Å². The van der Waals surface area contributed by atoms with Gasteiger partial charge < -0.3 is 39.8 Å². The molecular formula is C35H46N4O9. The number of ether oxygens (including phenoxy) is 4. The van der Waals surface area contributed by atoms with Gasteiger partial charge in [0.2, 0.25) is 18.6 Å². The van der Waals surface area contributed by atoms with E-state index in [4.69, 9.17) is 18.9 Å². The number of esters is 1. The molecule has 0 aromatic heterocycles. The maximum Gasteiger partial charge on any atom is 0.308 e. The number of hydrogen-bond acceptors (Lipinski definition) is 11. The van der Waals surface area contributed by atoms with Crippen molar-refractivity contribution in [1.29, 1.82) is 0 Å². The quantitative estimate of drug-likeness (QED) is 0.242.